The fraction of sp³-hybridized carbons (Fsp3) is 0.154. The number of rotatable bonds is 3. The second kappa shape index (κ2) is 5.89. The summed E-state index contributed by atoms with van der Waals surface area (Å²) >= 11 is 6.95. The van der Waals surface area contributed by atoms with Crippen molar-refractivity contribution in [3.63, 3.8) is 0 Å². The molecule has 0 radical (unpaired) electrons. The highest BCUT2D eigenvalue weighted by Crippen LogP contribution is 2.30. The van der Waals surface area contributed by atoms with Crippen LogP contribution < -0.4 is 0 Å². The lowest BCUT2D eigenvalue weighted by atomic mass is 9.59. The van der Waals surface area contributed by atoms with E-state index in [2.05, 4.69) is 74.6 Å². The SMILES string of the molecule is C=C1C(Br)=C(Br)C=NN1B(C)Cc1ccccc1. The van der Waals surface area contributed by atoms with E-state index in [-0.39, 0.29) is 6.85 Å². The summed E-state index contributed by atoms with van der Waals surface area (Å²) in [6, 6.07) is 10.4. The third-order valence-electron chi connectivity index (χ3n) is 2.83. The molecule has 0 aromatic heterocycles. The molecular formula is C13H13BBr2N2. The molecule has 2 rings (SSSR count). The Bertz CT molecular complexity index is 511. The van der Waals surface area contributed by atoms with Crippen molar-refractivity contribution < 1.29 is 0 Å². The van der Waals surface area contributed by atoms with Gasteiger partial charge in [0.25, 0.3) is 6.85 Å². The van der Waals surface area contributed by atoms with Crippen LogP contribution >= 0.6 is 31.9 Å². The molecule has 0 amide bonds. The van der Waals surface area contributed by atoms with E-state index in [1.165, 1.54) is 5.56 Å². The average molecular weight is 368 g/mol. The van der Waals surface area contributed by atoms with Crippen LogP contribution in [0.15, 0.2) is 56.7 Å². The largest absolute Gasteiger partial charge is 0.311 e. The highest BCUT2D eigenvalue weighted by atomic mass is 79.9. The van der Waals surface area contributed by atoms with Crippen LogP contribution in [0.2, 0.25) is 6.82 Å². The van der Waals surface area contributed by atoms with Gasteiger partial charge in [-0.2, -0.15) is 5.10 Å². The first kappa shape index (κ1) is 13.6. The minimum atomic E-state index is 0.268. The van der Waals surface area contributed by atoms with Gasteiger partial charge < -0.3 is 4.92 Å². The number of hydrazone groups is 1. The van der Waals surface area contributed by atoms with Gasteiger partial charge >= 0.3 is 0 Å². The van der Waals surface area contributed by atoms with Crippen LogP contribution in [0.3, 0.4) is 0 Å². The average Bonchev–Trinajstić information content (AvgIpc) is 2.37. The first-order valence-electron chi connectivity index (χ1n) is 5.71. The standard InChI is InChI=1S/C13H13BBr2N2/c1-10-13(16)12(15)9-17-18(10)14(2)8-11-6-4-3-5-7-11/h3-7,9H,1,8H2,2H3. The number of hydrogen-bond acceptors (Lipinski definition) is 2. The summed E-state index contributed by atoms with van der Waals surface area (Å²) in [6.07, 6.45) is 2.73. The molecule has 1 aliphatic heterocycles. The maximum atomic E-state index is 4.41. The first-order chi connectivity index (χ1) is 8.59. The lowest BCUT2D eigenvalue weighted by molar-refractivity contribution is 0.583. The van der Waals surface area contributed by atoms with Crippen molar-refractivity contribution in [2.24, 2.45) is 5.10 Å². The van der Waals surface area contributed by atoms with E-state index in [0.717, 1.165) is 21.0 Å². The van der Waals surface area contributed by atoms with Crippen molar-refractivity contribution in [1.82, 2.24) is 4.92 Å². The van der Waals surface area contributed by atoms with Gasteiger partial charge in [0.15, 0.2) is 0 Å². The second-order valence-electron chi connectivity index (χ2n) is 4.24. The van der Waals surface area contributed by atoms with E-state index in [1.54, 1.807) is 6.21 Å². The zero-order chi connectivity index (χ0) is 13.1. The second-order valence-corrected chi connectivity index (χ2v) is 5.88. The van der Waals surface area contributed by atoms with Crippen LogP contribution in [0.25, 0.3) is 0 Å². The van der Waals surface area contributed by atoms with E-state index in [0.29, 0.717) is 0 Å². The van der Waals surface area contributed by atoms with E-state index in [1.807, 2.05) is 11.0 Å². The summed E-state index contributed by atoms with van der Waals surface area (Å²) in [7, 11) is 0. The van der Waals surface area contributed by atoms with Gasteiger partial charge in [-0.3, -0.25) is 0 Å². The van der Waals surface area contributed by atoms with Gasteiger partial charge in [0.05, 0.1) is 20.9 Å². The van der Waals surface area contributed by atoms with Crippen LogP contribution in [0, 0.1) is 0 Å². The predicted molar refractivity (Wildman–Crippen MR) is 86.1 cm³/mol. The van der Waals surface area contributed by atoms with Crippen LogP contribution in [0.4, 0.5) is 0 Å². The molecule has 92 valence electrons. The molecule has 0 bridgehead atoms. The molecule has 1 aromatic rings. The smallest absolute Gasteiger partial charge is 0.285 e. The molecule has 1 heterocycles. The van der Waals surface area contributed by atoms with Gasteiger partial charge in [-0.05, 0) is 38.2 Å². The Labute approximate surface area is 125 Å². The number of halogens is 2. The van der Waals surface area contributed by atoms with Crippen LogP contribution in [0.5, 0.6) is 0 Å². The minimum Gasteiger partial charge on any atom is -0.311 e. The van der Waals surface area contributed by atoms with Gasteiger partial charge in [0.2, 0.25) is 0 Å². The van der Waals surface area contributed by atoms with Crippen LogP contribution in [-0.4, -0.2) is 18.0 Å². The lowest BCUT2D eigenvalue weighted by Crippen LogP contribution is -2.35. The summed E-state index contributed by atoms with van der Waals surface area (Å²) in [6.45, 7) is 6.48. The lowest BCUT2D eigenvalue weighted by Gasteiger charge is -2.29. The van der Waals surface area contributed by atoms with Gasteiger partial charge in [0, 0.05) is 0 Å². The quantitative estimate of drug-likeness (QED) is 0.731. The van der Waals surface area contributed by atoms with Crippen molar-refractivity contribution in [3.05, 3.63) is 57.1 Å². The van der Waals surface area contributed by atoms with Gasteiger partial charge in [-0.1, -0.05) is 49.3 Å². The Balaban J connectivity index is 2.10. The Hall–Kier alpha value is -0.805. The topological polar surface area (TPSA) is 15.6 Å². The Morgan fingerprint density at radius 1 is 1.28 bits per heavy atom. The fourth-order valence-corrected chi connectivity index (χ4v) is 2.50. The summed E-state index contributed by atoms with van der Waals surface area (Å²) in [5, 5.41) is 4.41. The Kier molecular flexibility index (Phi) is 4.46. The summed E-state index contributed by atoms with van der Waals surface area (Å²) < 4.78 is 1.88. The van der Waals surface area contributed by atoms with Crippen molar-refractivity contribution in [1.29, 1.82) is 0 Å². The molecule has 0 spiro atoms. The highest BCUT2D eigenvalue weighted by Gasteiger charge is 2.24. The van der Waals surface area contributed by atoms with Crippen molar-refractivity contribution in [3.8, 4) is 0 Å². The summed E-state index contributed by atoms with van der Waals surface area (Å²) in [5.41, 5.74) is 2.19. The van der Waals surface area contributed by atoms with E-state index in [4.69, 9.17) is 0 Å². The fourth-order valence-electron chi connectivity index (χ4n) is 1.90. The normalized spacial score (nSPS) is 15.3. The molecule has 18 heavy (non-hydrogen) atoms. The van der Waals surface area contributed by atoms with Crippen molar-refractivity contribution >= 4 is 44.9 Å². The third-order valence-corrected chi connectivity index (χ3v) is 4.84. The molecule has 1 aromatic carbocycles. The molecule has 2 nitrogen and oxygen atoms in total. The molecule has 0 atom stereocenters. The summed E-state index contributed by atoms with van der Waals surface area (Å²) in [4.78, 5) is 1.95. The Morgan fingerprint density at radius 3 is 2.61 bits per heavy atom. The molecule has 0 saturated carbocycles. The predicted octanol–water partition coefficient (Wildman–Crippen LogP) is 4.21. The van der Waals surface area contributed by atoms with E-state index in [9.17, 15) is 0 Å². The summed E-state index contributed by atoms with van der Waals surface area (Å²) in [5.74, 6) is 0. The number of hydrogen-bond donors (Lipinski definition) is 0. The van der Waals surface area contributed by atoms with Crippen LogP contribution in [-0.2, 0) is 6.32 Å². The van der Waals surface area contributed by atoms with E-state index >= 15 is 0 Å². The van der Waals surface area contributed by atoms with Crippen molar-refractivity contribution in [2.45, 2.75) is 13.1 Å². The zero-order valence-electron chi connectivity index (χ0n) is 10.1. The zero-order valence-corrected chi connectivity index (χ0v) is 13.3. The first-order valence-corrected chi connectivity index (χ1v) is 7.30. The van der Waals surface area contributed by atoms with Gasteiger partial charge in [0.1, 0.15) is 0 Å². The minimum absolute atomic E-state index is 0.268. The third kappa shape index (κ3) is 2.95. The monoisotopic (exact) mass is 366 g/mol. The molecular weight excluding hydrogens is 355 g/mol. The Morgan fingerprint density at radius 2 is 1.94 bits per heavy atom. The van der Waals surface area contributed by atoms with Crippen LogP contribution in [0.1, 0.15) is 5.56 Å². The maximum absolute atomic E-state index is 4.41. The molecule has 0 unspecified atom stereocenters. The van der Waals surface area contributed by atoms with Gasteiger partial charge in [-0.25, -0.2) is 0 Å². The van der Waals surface area contributed by atoms with Gasteiger partial charge in [-0.15, -0.1) is 0 Å². The van der Waals surface area contributed by atoms with E-state index < -0.39 is 0 Å². The number of benzene rings is 1. The molecule has 1 aliphatic rings. The molecule has 0 aliphatic carbocycles. The molecule has 0 saturated heterocycles. The molecule has 0 fully saturated rings. The molecule has 5 heteroatoms. The highest BCUT2D eigenvalue weighted by molar-refractivity contribution is 9.14. The maximum Gasteiger partial charge on any atom is 0.285 e. The van der Waals surface area contributed by atoms with Crippen molar-refractivity contribution in [2.75, 3.05) is 0 Å². The number of allylic oxidation sites excluding steroid dienone is 2. The number of nitrogens with zero attached hydrogens (tertiary/aromatic N) is 2. The molecule has 0 N–H and O–H groups in total.